The van der Waals surface area contributed by atoms with E-state index in [0.29, 0.717) is 17.8 Å². The van der Waals surface area contributed by atoms with E-state index in [1.54, 1.807) is 13.8 Å². The van der Waals surface area contributed by atoms with E-state index in [2.05, 4.69) is 15.5 Å². The maximum Gasteiger partial charge on any atom is 0.325 e. The molecule has 1 aliphatic heterocycles. The van der Waals surface area contributed by atoms with Crippen molar-refractivity contribution in [2.45, 2.75) is 32.4 Å². The van der Waals surface area contributed by atoms with E-state index in [9.17, 15) is 14.0 Å². The number of halogens is 1. The summed E-state index contributed by atoms with van der Waals surface area (Å²) in [6.07, 6.45) is 0.336. The maximum absolute atomic E-state index is 13.1. The molecular weight excluding hydrogens is 303 g/mol. The Morgan fingerprint density at radius 3 is 2.57 bits per heavy atom. The van der Waals surface area contributed by atoms with Crippen LogP contribution in [0.5, 0.6) is 0 Å². The molecule has 1 N–H and O–H groups in total. The molecule has 1 unspecified atom stereocenters. The smallest absolute Gasteiger partial charge is 0.325 e. The Morgan fingerprint density at radius 2 is 2.00 bits per heavy atom. The molecule has 23 heavy (non-hydrogen) atoms. The van der Waals surface area contributed by atoms with Gasteiger partial charge in [-0.1, -0.05) is 24.2 Å². The molecular formula is C15H15FN4O3. The Morgan fingerprint density at radius 1 is 1.30 bits per heavy atom. The van der Waals surface area contributed by atoms with Crippen molar-refractivity contribution in [3.63, 3.8) is 0 Å². The van der Waals surface area contributed by atoms with Gasteiger partial charge in [-0.05, 0) is 31.0 Å². The zero-order chi connectivity index (χ0) is 16.6. The first-order valence-corrected chi connectivity index (χ1v) is 7.15. The third-order valence-corrected chi connectivity index (χ3v) is 3.91. The van der Waals surface area contributed by atoms with Crippen LogP contribution < -0.4 is 5.32 Å². The first-order valence-electron chi connectivity index (χ1n) is 7.15. The number of hydrogen-bond acceptors (Lipinski definition) is 5. The van der Waals surface area contributed by atoms with Gasteiger partial charge in [-0.25, -0.2) is 9.18 Å². The predicted octanol–water partition coefficient (Wildman–Crippen LogP) is 1.87. The minimum atomic E-state index is -1.21. The molecule has 0 saturated carbocycles. The Bertz CT molecular complexity index is 758. The quantitative estimate of drug-likeness (QED) is 0.870. The zero-order valence-electron chi connectivity index (χ0n) is 12.7. The molecule has 0 spiro atoms. The van der Waals surface area contributed by atoms with Crippen LogP contribution in [-0.4, -0.2) is 27.0 Å². The highest BCUT2D eigenvalue weighted by molar-refractivity contribution is 6.07. The predicted molar refractivity (Wildman–Crippen MR) is 76.5 cm³/mol. The van der Waals surface area contributed by atoms with Crippen LogP contribution in [0.15, 0.2) is 28.8 Å². The molecule has 3 amide bonds. The molecule has 8 heteroatoms. The molecule has 3 rings (SSSR count). The van der Waals surface area contributed by atoms with Crippen molar-refractivity contribution in [3.8, 4) is 0 Å². The fraction of sp³-hybridized carbons (Fsp3) is 0.333. The van der Waals surface area contributed by atoms with E-state index >= 15 is 0 Å². The lowest BCUT2D eigenvalue weighted by Gasteiger charge is -2.25. The SMILES string of the molecule is CCC1(c2ccc(F)cc2)NC(=O)N(Cc2nc(C)no2)C1=O. The molecule has 7 nitrogen and oxygen atoms in total. The van der Waals surface area contributed by atoms with Gasteiger partial charge in [0.1, 0.15) is 17.9 Å². The van der Waals surface area contributed by atoms with Crippen molar-refractivity contribution in [2.24, 2.45) is 0 Å². The maximum atomic E-state index is 13.1. The number of aryl methyl sites for hydroxylation is 1. The number of benzene rings is 1. The van der Waals surface area contributed by atoms with Crippen LogP contribution in [0.2, 0.25) is 0 Å². The molecule has 1 atom stereocenters. The summed E-state index contributed by atoms with van der Waals surface area (Å²) in [4.78, 5) is 30.1. The highest BCUT2D eigenvalue weighted by Crippen LogP contribution is 2.33. The Balaban J connectivity index is 1.93. The third-order valence-electron chi connectivity index (χ3n) is 3.91. The van der Waals surface area contributed by atoms with Gasteiger partial charge in [-0.2, -0.15) is 4.98 Å². The van der Waals surface area contributed by atoms with E-state index in [-0.39, 0.29) is 12.4 Å². The third kappa shape index (κ3) is 2.45. The lowest BCUT2D eigenvalue weighted by molar-refractivity contribution is -0.132. The van der Waals surface area contributed by atoms with E-state index in [1.807, 2.05) is 0 Å². The van der Waals surface area contributed by atoms with Gasteiger partial charge in [0.2, 0.25) is 5.89 Å². The van der Waals surface area contributed by atoms with Crippen molar-refractivity contribution < 1.29 is 18.5 Å². The van der Waals surface area contributed by atoms with Crippen molar-refractivity contribution in [1.82, 2.24) is 20.4 Å². The van der Waals surface area contributed by atoms with Crippen LogP contribution in [0.1, 0.15) is 30.6 Å². The molecule has 1 aromatic heterocycles. The second kappa shape index (κ2) is 5.45. The summed E-state index contributed by atoms with van der Waals surface area (Å²) in [5.41, 5.74) is -0.677. The summed E-state index contributed by atoms with van der Waals surface area (Å²) in [6, 6.07) is 4.97. The number of carbonyl (C=O) groups excluding carboxylic acids is 2. The number of aromatic nitrogens is 2. The van der Waals surface area contributed by atoms with Gasteiger partial charge in [0.25, 0.3) is 5.91 Å². The standard InChI is InChI=1S/C15H15FN4O3/c1-3-15(10-4-6-11(16)7-5-10)13(21)20(14(22)18-15)8-12-17-9(2)19-23-12/h4-7H,3,8H2,1-2H3,(H,18,22). The zero-order valence-corrected chi connectivity index (χ0v) is 12.7. The van der Waals surface area contributed by atoms with Gasteiger partial charge in [0.05, 0.1) is 0 Å². The average Bonchev–Trinajstić information content (AvgIpc) is 3.05. The highest BCUT2D eigenvalue weighted by Gasteiger charge is 2.51. The number of nitrogens with one attached hydrogen (secondary N) is 1. The summed E-state index contributed by atoms with van der Waals surface area (Å²) in [5, 5.41) is 6.34. The number of imide groups is 1. The van der Waals surface area contributed by atoms with Crippen LogP contribution in [0.25, 0.3) is 0 Å². The largest absolute Gasteiger partial charge is 0.337 e. The van der Waals surface area contributed by atoms with Crippen LogP contribution in [-0.2, 0) is 16.9 Å². The number of rotatable bonds is 4. The summed E-state index contributed by atoms with van der Waals surface area (Å²) >= 11 is 0. The average molecular weight is 318 g/mol. The van der Waals surface area contributed by atoms with E-state index in [1.165, 1.54) is 24.3 Å². The molecule has 0 radical (unpaired) electrons. The van der Waals surface area contributed by atoms with Crippen LogP contribution in [0.4, 0.5) is 9.18 Å². The van der Waals surface area contributed by atoms with E-state index < -0.39 is 23.3 Å². The Labute approximate surface area is 131 Å². The summed E-state index contributed by atoms with van der Waals surface area (Å²) in [5.74, 6) is -0.230. The molecule has 1 aromatic carbocycles. The van der Waals surface area contributed by atoms with E-state index in [0.717, 1.165) is 4.90 Å². The summed E-state index contributed by atoms with van der Waals surface area (Å²) < 4.78 is 18.1. The number of hydrogen-bond donors (Lipinski definition) is 1. The van der Waals surface area contributed by atoms with Crippen molar-refractivity contribution in [3.05, 3.63) is 47.4 Å². The van der Waals surface area contributed by atoms with Crippen molar-refractivity contribution >= 4 is 11.9 Å². The fourth-order valence-electron chi connectivity index (χ4n) is 2.68. The normalized spacial score (nSPS) is 20.9. The summed E-state index contributed by atoms with van der Waals surface area (Å²) in [7, 11) is 0. The minimum absolute atomic E-state index is 0.103. The number of amides is 3. The summed E-state index contributed by atoms with van der Waals surface area (Å²) in [6.45, 7) is 3.32. The molecule has 120 valence electrons. The molecule has 0 bridgehead atoms. The molecule has 1 saturated heterocycles. The number of nitrogens with zero attached hydrogens (tertiary/aromatic N) is 3. The van der Waals surface area contributed by atoms with E-state index in [4.69, 9.17) is 4.52 Å². The molecule has 1 aliphatic rings. The lowest BCUT2D eigenvalue weighted by atomic mass is 9.87. The van der Waals surface area contributed by atoms with Gasteiger partial charge < -0.3 is 9.84 Å². The molecule has 2 heterocycles. The van der Waals surface area contributed by atoms with Gasteiger partial charge in [0.15, 0.2) is 5.82 Å². The Hall–Kier alpha value is -2.77. The van der Waals surface area contributed by atoms with Crippen LogP contribution in [0.3, 0.4) is 0 Å². The fourth-order valence-corrected chi connectivity index (χ4v) is 2.68. The van der Waals surface area contributed by atoms with Crippen molar-refractivity contribution in [2.75, 3.05) is 0 Å². The monoisotopic (exact) mass is 318 g/mol. The van der Waals surface area contributed by atoms with Crippen LogP contribution >= 0.6 is 0 Å². The van der Waals surface area contributed by atoms with Crippen molar-refractivity contribution in [1.29, 1.82) is 0 Å². The second-order valence-corrected chi connectivity index (χ2v) is 5.32. The van der Waals surface area contributed by atoms with Gasteiger partial charge in [-0.15, -0.1) is 0 Å². The highest BCUT2D eigenvalue weighted by atomic mass is 19.1. The van der Waals surface area contributed by atoms with Gasteiger partial charge in [-0.3, -0.25) is 9.69 Å². The molecule has 1 fully saturated rings. The van der Waals surface area contributed by atoms with Gasteiger partial charge in [0, 0.05) is 0 Å². The topological polar surface area (TPSA) is 88.3 Å². The number of urea groups is 1. The second-order valence-electron chi connectivity index (χ2n) is 5.32. The first-order chi connectivity index (χ1) is 11.0. The Kier molecular flexibility index (Phi) is 3.59. The number of carbonyl (C=O) groups is 2. The van der Waals surface area contributed by atoms with Gasteiger partial charge >= 0.3 is 6.03 Å². The molecule has 2 aromatic rings. The minimum Gasteiger partial charge on any atom is -0.337 e. The first kappa shape index (κ1) is 15.1. The lowest BCUT2D eigenvalue weighted by Crippen LogP contribution is -2.43. The molecule has 0 aliphatic carbocycles. The van der Waals surface area contributed by atoms with Crippen LogP contribution in [0, 0.1) is 12.7 Å².